The zero-order valence-electron chi connectivity index (χ0n) is 17.0. The fraction of sp³-hybridized carbons (Fsp3) is 0.300. The predicted molar refractivity (Wildman–Crippen MR) is 132 cm³/mol. The van der Waals surface area contributed by atoms with Crippen LogP contribution in [0, 0.1) is 6.92 Å². The zero-order chi connectivity index (χ0) is 22.8. The van der Waals surface area contributed by atoms with Crippen LogP contribution in [-0.2, 0) is 21.4 Å². The standard InChI is InChI=1S/C20H22Br2N4O3S2/c1-3-4-7-26-17-6-5-13(31(23,28)29)10-16(17)24-20(26)30-11-18(27)25-19-14(21)8-12(2)9-15(19)22/h5-6,8-10H,3-4,7,11H2,1-2H3,(H,25,27)(H2,23,28,29). The maximum absolute atomic E-state index is 12.6. The smallest absolute Gasteiger partial charge is 0.238 e. The van der Waals surface area contributed by atoms with Gasteiger partial charge < -0.3 is 9.88 Å². The number of amides is 1. The number of halogens is 2. The van der Waals surface area contributed by atoms with Crippen molar-refractivity contribution < 1.29 is 13.2 Å². The molecule has 0 bridgehead atoms. The highest BCUT2D eigenvalue weighted by Gasteiger charge is 2.17. The molecular weight excluding hydrogens is 568 g/mol. The molecule has 0 aliphatic rings. The average Bonchev–Trinajstić information content (AvgIpc) is 3.03. The van der Waals surface area contributed by atoms with Crippen molar-refractivity contribution >= 4 is 76.3 Å². The summed E-state index contributed by atoms with van der Waals surface area (Å²) in [7, 11) is -3.82. The number of nitrogens with two attached hydrogens (primary N) is 1. The van der Waals surface area contributed by atoms with E-state index < -0.39 is 10.0 Å². The minimum Gasteiger partial charge on any atom is -0.323 e. The zero-order valence-corrected chi connectivity index (χ0v) is 21.8. The Morgan fingerprint density at radius 3 is 2.52 bits per heavy atom. The van der Waals surface area contributed by atoms with E-state index in [4.69, 9.17) is 5.14 Å². The van der Waals surface area contributed by atoms with E-state index in [2.05, 4.69) is 49.1 Å². The van der Waals surface area contributed by atoms with Crippen molar-refractivity contribution in [2.75, 3.05) is 11.1 Å². The van der Waals surface area contributed by atoms with Gasteiger partial charge in [0.1, 0.15) is 0 Å². The number of anilines is 1. The highest BCUT2D eigenvalue weighted by atomic mass is 79.9. The van der Waals surface area contributed by atoms with E-state index in [9.17, 15) is 13.2 Å². The molecule has 3 N–H and O–H groups in total. The molecule has 3 rings (SSSR count). The fourth-order valence-corrected chi connectivity index (χ4v) is 6.02. The summed E-state index contributed by atoms with van der Waals surface area (Å²) in [5, 5.41) is 8.82. The number of unbranched alkanes of at least 4 members (excludes halogenated alkanes) is 1. The van der Waals surface area contributed by atoms with Gasteiger partial charge in [-0.25, -0.2) is 18.5 Å². The maximum atomic E-state index is 12.6. The number of aromatic nitrogens is 2. The lowest BCUT2D eigenvalue weighted by molar-refractivity contribution is -0.113. The van der Waals surface area contributed by atoms with Gasteiger partial charge in [0.25, 0.3) is 0 Å². The number of carbonyl (C=O) groups excluding carboxylic acids is 1. The van der Waals surface area contributed by atoms with Crippen molar-refractivity contribution in [2.24, 2.45) is 5.14 Å². The number of sulfonamides is 1. The molecule has 7 nitrogen and oxygen atoms in total. The van der Waals surface area contributed by atoms with Crippen LogP contribution in [-0.4, -0.2) is 29.6 Å². The molecule has 0 radical (unpaired) electrons. The molecule has 31 heavy (non-hydrogen) atoms. The molecule has 0 aliphatic carbocycles. The lowest BCUT2D eigenvalue weighted by Gasteiger charge is -2.11. The van der Waals surface area contributed by atoms with E-state index in [0.29, 0.717) is 16.4 Å². The van der Waals surface area contributed by atoms with Crippen molar-refractivity contribution in [3.05, 3.63) is 44.8 Å². The molecule has 0 saturated carbocycles. The van der Waals surface area contributed by atoms with Crippen molar-refractivity contribution in [1.82, 2.24) is 9.55 Å². The molecule has 0 aliphatic heterocycles. The Kier molecular flexibility index (Phi) is 7.85. The van der Waals surface area contributed by atoms with Gasteiger partial charge >= 0.3 is 0 Å². The maximum Gasteiger partial charge on any atom is 0.238 e. The monoisotopic (exact) mass is 588 g/mol. The molecule has 0 atom stereocenters. The van der Waals surface area contributed by atoms with Crippen LogP contribution >= 0.6 is 43.6 Å². The van der Waals surface area contributed by atoms with Gasteiger partial charge in [0.15, 0.2) is 5.16 Å². The summed E-state index contributed by atoms with van der Waals surface area (Å²) < 4.78 is 27.0. The number of benzene rings is 2. The number of fused-ring (bicyclic) bond motifs is 1. The number of thioether (sulfide) groups is 1. The predicted octanol–water partition coefficient (Wildman–Crippen LogP) is 5.05. The first-order chi connectivity index (χ1) is 14.6. The first kappa shape index (κ1) is 24.2. The molecule has 1 heterocycles. The van der Waals surface area contributed by atoms with Crippen LogP contribution in [0.3, 0.4) is 0 Å². The second-order valence-corrected chi connectivity index (χ2v) is 11.2. The van der Waals surface area contributed by atoms with Gasteiger partial charge in [0, 0.05) is 15.5 Å². The SMILES string of the molecule is CCCCn1c(SCC(=O)Nc2c(Br)cc(C)cc2Br)nc2cc(S(N)(=O)=O)ccc21. The van der Waals surface area contributed by atoms with E-state index in [0.717, 1.165) is 39.4 Å². The van der Waals surface area contributed by atoms with E-state index in [1.165, 1.54) is 23.9 Å². The Morgan fingerprint density at radius 2 is 1.90 bits per heavy atom. The number of hydrogen-bond donors (Lipinski definition) is 2. The molecule has 0 saturated heterocycles. The van der Waals surface area contributed by atoms with Crippen LogP contribution in [0.2, 0.25) is 0 Å². The Hall–Kier alpha value is -1.40. The largest absolute Gasteiger partial charge is 0.323 e. The van der Waals surface area contributed by atoms with Crippen molar-refractivity contribution in [3.63, 3.8) is 0 Å². The number of primary sulfonamides is 1. The van der Waals surface area contributed by atoms with E-state index in [1.54, 1.807) is 6.07 Å². The van der Waals surface area contributed by atoms with Crippen molar-refractivity contribution in [3.8, 4) is 0 Å². The van der Waals surface area contributed by atoms with Gasteiger partial charge in [-0.1, -0.05) is 25.1 Å². The van der Waals surface area contributed by atoms with Crippen LogP contribution in [0.25, 0.3) is 11.0 Å². The quantitative estimate of drug-likeness (QED) is 0.358. The second kappa shape index (κ2) is 10.0. The lowest BCUT2D eigenvalue weighted by atomic mass is 10.2. The summed E-state index contributed by atoms with van der Waals surface area (Å²) in [4.78, 5) is 17.2. The van der Waals surface area contributed by atoms with E-state index in [1.807, 2.05) is 23.6 Å². The van der Waals surface area contributed by atoms with Crippen LogP contribution in [0.5, 0.6) is 0 Å². The van der Waals surface area contributed by atoms with Crippen LogP contribution in [0.15, 0.2) is 49.3 Å². The Bertz CT molecular complexity index is 1220. The molecule has 0 spiro atoms. The highest BCUT2D eigenvalue weighted by molar-refractivity contribution is 9.11. The van der Waals surface area contributed by atoms with Gasteiger partial charge in [-0.15, -0.1) is 0 Å². The average molecular weight is 590 g/mol. The summed E-state index contributed by atoms with van der Waals surface area (Å²) in [6.07, 6.45) is 1.93. The first-order valence-electron chi connectivity index (χ1n) is 9.51. The normalized spacial score (nSPS) is 11.8. The molecule has 0 fully saturated rings. The van der Waals surface area contributed by atoms with Gasteiger partial charge in [0.05, 0.1) is 27.4 Å². The van der Waals surface area contributed by atoms with Crippen LogP contribution in [0.1, 0.15) is 25.3 Å². The minimum absolute atomic E-state index is 0.0171. The molecule has 3 aromatic rings. The highest BCUT2D eigenvalue weighted by Crippen LogP contribution is 2.33. The molecule has 166 valence electrons. The number of aryl methyl sites for hydroxylation is 2. The molecule has 1 aromatic heterocycles. The van der Waals surface area contributed by atoms with Gasteiger partial charge in [-0.3, -0.25) is 4.79 Å². The van der Waals surface area contributed by atoms with Crippen LogP contribution < -0.4 is 10.5 Å². The molecular formula is C20H22Br2N4O3S2. The van der Waals surface area contributed by atoms with Gasteiger partial charge in [-0.05, 0) is 81.1 Å². The number of nitrogens with one attached hydrogen (secondary N) is 1. The van der Waals surface area contributed by atoms with Gasteiger partial charge in [-0.2, -0.15) is 0 Å². The summed E-state index contributed by atoms with van der Waals surface area (Å²) in [5.41, 5.74) is 3.09. The summed E-state index contributed by atoms with van der Waals surface area (Å²) in [6.45, 7) is 4.79. The molecule has 2 aromatic carbocycles. The Morgan fingerprint density at radius 1 is 1.23 bits per heavy atom. The van der Waals surface area contributed by atoms with Gasteiger partial charge in [0.2, 0.25) is 15.9 Å². The first-order valence-corrected chi connectivity index (χ1v) is 13.6. The second-order valence-electron chi connectivity index (χ2n) is 7.04. The summed E-state index contributed by atoms with van der Waals surface area (Å²) >= 11 is 8.27. The number of nitrogens with zero attached hydrogens (tertiary/aromatic N) is 2. The molecule has 0 unspecified atom stereocenters. The van der Waals surface area contributed by atoms with Crippen LogP contribution in [0.4, 0.5) is 5.69 Å². The summed E-state index contributed by atoms with van der Waals surface area (Å²) in [6, 6.07) is 8.52. The fourth-order valence-electron chi connectivity index (χ4n) is 3.03. The third-order valence-electron chi connectivity index (χ3n) is 4.53. The third-order valence-corrected chi connectivity index (χ3v) is 7.67. The number of hydrogen-bond acceptors (Lipinski definition) is 5. The molecule has 1 amide bonds. The lowest BCUT2D eigenvalue weighted by Crippen LogP contribution is -2.15. The minimum atomic E-state index is -3.82. The summed E-state index contributed by atoms with van der Waals surface area (Å²) in [5.74, 6) is -0.0147. The van der Waals surface area contributed by atoms with Crippen molar-refractivity contribution in [2.45, 2.75) is 43.3 Å². The van der Waals surface area contributed by atoms with E-state index in [-0.39, 0.29) is 16.6 Å². The Labute approximate surface area is 202 Å². The van der Waals surface area contributed by atoms with Crippen molar-refractivity contribution in [1.29, 1.82) is 0 Å². The topological polar surface area (TPSA) is 107 Å². The Balaban J connectivity index is 1.83. The third kappa shape index (κ3) is 5.89. The number of rotatable bonds is 8. The number of carbonyl (C=O) groups is 1. The van der Waals surface area contributed by atoms with E-state index >= 15 is 0 Å². The number of imidazole rings is 1. The molecule has 11 heteroatoms.